The van der Waals surface area contributed by atoms with E-state index in [1.165, 1.54) is 17.3 Å². The van der Waals surface area contributed by atoms with Gasteiger partial charge in [-0.15, -0.1) is 0 Å². The first-order chi connectivity index (χ1) is 19.0. The van der Waals surface area contributed by atoms with Crippen molar-refractivity contribution in [1.29, 1.82) is 0 Å². The van der Waals surface area contributed by atoms with E-state index in [1.807, 2.05) is 4.90 Å². The highest BCUT2D eigenvalue weighted by atomic mass is 35.5. The minimum Gasteiger partial charge on any atom is -0.378 e. The van der Waals surface area contributed by atoms with Gasteiger partial charge in [-0.3, -0.25) is 0 Å². The van der Waals surface area contributed by atoms with E-state index in [2.05, 4.69) is 29.9 Å². The number of ether oxygens (including phenoxy) is 1. The highest BCUT2D eigenvalue weighted by molar-refractivity contribution is 6.31. The summed E-state index contributed by atoms with van der Waals surface area (Å²) < 4.78 is 86.8. The molecule has 4 aromatic rings. The van der Waals surface area contributed by atoms with Crippen LogP contribution in [-0.4, -0.2) is 62.8 Å². The van der Waals surface area contributed by atoms with Crippen LogP contribution in [0.25, 0.3) is 10.9 Å². The number of aromatic nitrogens is 6. The summed E-state index contributed by atoms with van der Waals surface area (Å²) in [6.07, 6.45) is -7.18. The van der Waals surface area contributed by atoms with E-state index in [0.717, 1.165) is 10.9 Å². The molecule has 1 atom stereocenters. The monoisotopic (exact) mass is 584 g/mol. The third-order valence-electron chi connectivity index (χ3n) is 6.74. The summed E-state index contributed by atoms with van der Waals surface area (Å²) >= 11 is 6.21. The fourth-order valence-electron chi connectivity index (χ4n) is 4.97. The number of hydrogen-bond donors (Lipinski definition) is 1. The zero-order valence-electron chi connectivity index (χ0n) is 20.4. The Labute approximate surface area is 227 Å². The van der Waals surface area contributed by atoms with E-state index >= 15 is 0 Å². The van der Waals surface area contributed by atoms with Gasteiger partial charge in [0.25, 0.3) is 0 Å². The molecule has 0 radical (unpaired) electrons. The maximum absolute atomic E-state index is 13.6. The van der Waals surface area contributed by atoms with E-state index in [4.69, 9.17) is 16.3 Å². The van der Waals surface area contributed by atoms with Crippen molar-refractivity contribution in [2.24, 2.45) is 0 Å². The van der Waals surface area contributed by atoms with Gasteiger partial charge in [0.05, 0.1) is 13.2 Å². The molecule has 9 nitrogen and oxygen atoms in total. The summed E-state index contributed by atoms with van der Waals surface area (Å²) in [6.45, 7) is 2.16. The molecule has 2 aliphatic heterocycles. The molecule has 40 heavy (non-hydrogen) atoms. The second-order valence-corrected chi connectivity index (χ2v) is 9.68. The van der Waals surface area contributed by atoms with Crippen molar-refractivity contribution >= 4 is 34.4 Å². The van der Waals surface area contributed by atoms with Gasteiger partial charge in [-0.25, -0.2) is 15.0 Å². The number of nitrogens with one attached hydrogen (secondary N) is 1. The van der Waals surface area contributed by atoms with Gasteiger partial charge in [-0.1, -0.05) is 11.6 Å². The van der Waals surface area contributed by atoms with Crippen molar-refractivity contribution in [2.45, 2.75) is 24.8 Å². The number of benzene rings is 1. The number of halogens is 7. The summed E-state index contributed by atoms with van der Waals surface area (Å²) in [7, 11) is 0. The number of nitrogens with zero attached hydrogens (tertiary/aromatic N) is 7. The van der Waals surface area contributed by atoms with Gasteiger partial charge in [0, 0.05) is 59.2 Å². The fraction of sp³-hybridized carbons (Fsp3) is 0.375. The molecule has 1 fully saturated rings. The lowest BCUT2D eigenvalue weighted by atomic mass is 9.94. The molecule has 0 aliphatic carbocycles. The van der Waals surface area contributed by atoms with Crippen LogP contribution in [0.5, 0.6) is 0 Å². The first-order valence-electron chi connectivity index (χ1n) is 12.1. The third-order valence-corrected chi connectivity index (χ3v) is 6.98. The average molecular weight is 585 g/mol. The molecule has 16 heteroatoms. The number of morpholine rings is 1. The molecule has 3 aromatic heterocycles. The molecule has 0 amide bonds. The fourth-order valence-corrected chi connectivity index (χ4v) is 5.14. The SMILES string of the molecule is FC(F)(F)c1nc(N2CCc3c([nH]c4ccc(Cl)cc34)[C@@H]2c2cnc(N3CCOCC3)nc2)nc(C(F)(F)F)n1. The number of fused-ring (bicyclic) bond motifs is 3. The predicted molar refractivity (Wildman–Crippen MR) is 131 cm³/mol. The van der Waals surface area contributed by atoms with Crippen LogP contribution in [-0.2, 0) is 23.5 Å². The maximum Gasteiger partial charge on any atom is 0.451 e. The van der Waals surface area contributed by atoms with Crippen molar-refractivity contribution < 1.29 is 31.1 Å². The van der Waals surface area contributed by atoms with Crippen LogP contribution < -0.4 is 9.80 Å². The molecule has 6 rings (SSSR count). The summed E-state index contributed by atoms with van der Waals surface area (Å²) in [6, 6.07) is 4.25. The number of rotatable bonds is 3. The van der Waals surface area contributed by atoms with Gasteiger partial charge in [0.2, 0.25) is 23.5 Å². The topological polar surface area (TPSA) is 96.0 Å². The summed E-state index contributed by atoms with van der Waals surface area (Å²) in [5, 5.41) is 1.27. The molecule has 0 spiro atoms. The second kappa shape index (κ2) is 9.73. The lowest BCUT2D eigenvalue weighted by Crippen LogP contribution is -2.39. The molecule has 5 heterocycles. The van der Waals surface area contributed by atoms with Gasteiger partial charge in [0.15, 0.2) is 0 Å². The zero-order chi connectivity index (χ0) is 28.2. The highest BCUT2D eigenvalue weighted by Crippen LogP contribution is 2.41. The van der Waals surface area contributed by atoms with Crippen molar-refractivity contribution in [3.63, 3.8) is 0 Å². The Morgan fingerprint density at radius 2 is 1.52 bits per heavy atom. The van der Waals surface area contributed by atoms with Crippen LogP contribution in [0.3, 0.4) is 0 Å². The number of alkyl halides is 6. The molecule has 0 saturated carbocycles. The molecule has 1 N–H and O–H groups in total. The Morgan fingerprint density at radius 1 is 0.875 bits per heavy atom. The molecule has 210 valence electrons. The van der Waals surface area contributed by atoms with Crippen LogP contribution in [0.4, 0.5) is 38.2 Å². The summed E-state index contributed by atoms with van der Waals surface area (Å²) in [5.74, 6) is -4.20. The molecule has 2 aliphatic rings. The molecule has 0 bridgehead atoms. The van der Waals surface area contributed by atoms with E-state index in [0.29, 0.717) is 54.0 Å². The molecule has 1 aromatic carbocycles. The first-order valence-corrected chi connectivity index (χ1v) is 12.5. The first kappa shape index (κ1) is 26.5. The Morgan fingerprint density at radius 3 is 2.15 bits per heavy atom. The van der Waals surface area contributed by atoms with Crippen LogP contribution in [0.15, 0.2) is 30.6 Å². The standard InChI is InChI=1S/C24H19ClF6N8O/c25-13-1-2-16-15(9-13)14-3-4-39(22-36-19(23(26,27)28)35-20(37-22)24(29,30)31)18(17(14)34-16)12-10-32-21(33-11-12)38-5-7-40-8-6-38/h1-2,9-11,18,34H,3-8H2/t18-/m0/s1. The molecule has 1 saturated heterocycles. The second-order valence-electron chi connectivity index (χ2n) is 9.25. The van der Waals surface area contributed by atoms with Gasteiger partial charge < -0.3 is 19.5 Å². The number of H-pyrrole nitrogens is 1. The normalized spacial score (nSPS) is 18.3. The van der Waals surface area contributed by atoms with E-state index in [1.54, 1.807) is 18.2 Å². The molecular formula is C24H19ClF6N8O. The van der Waals surface area contributed by atoms with E-state index in [9.17, 15) is 26.3 Å². The van der Waals surface area contributed by atoms with Crippen LogP contribution in [0.2, 0.25) is 5.02 Å². The highest BCUT2D eigenvalue weighted by Gasteiger charge is 2.43. The smallest absolute Gasteiger partial charge is 0.378 e. The summed E-state index contributed by atoms with van der Waals surface area (Å²) in [4.78, 5) is 24.9. The van der Waals surface area contributed by atoms with Crippen molar-refractivity contribution in [1.82, 2.24) is 29.9 Å². The Bertz CT molecular complexity index is 1520. The Balaban J connectivity index is 1.50. The minimum atomic E-state index is -5.23. The van der Waals surface area contributed by atoms with Crippen molar-refractivity contribution in [3.8, 4) is 0 Å². The van der Waals surface area contributed by atoms with Crippen LogP contribution >= 0.6 is 11.6 Å². The average Bonchev–Trinajstić information content (AvgIpc) is 3.30. The van der Waals surface area contributed by atoms with Crippen molar-refractivity contribution in [3.05, 3.63) is 64.1 Å². The number of hydrogen-bond acceptors (Lipinski definition) is 8. The maximum atomic E-state index is 13.6. The lowest BCUT2D eigenvalue weighted by Gasteiger charge is -2.36. The van der Waals surface area contributed by atoms with E-state index in [-0.39, 0.29) is 13.0 Å². The number of aromatic amines is 1. The third kappa shape index (κ3) is 4.87. The van der Waals surface area contributed by atoms with Gasteiger partial charge in [-0.2, -0.15) is 36.3 Å². The van der Waals surface area contributed by atoms with E-state index < -0.39 is 36.0 Å². The lowest BCUT2D eigenvalue weighted by molar-refractivity contribution is -0.155. The largest absolute Gasteiger partial charge is 0.451 e. The van der Waals surface area contributed by atoms with Gasteiger partial charge >= 0.3 is 12.4 Å². The zero-order valence-corrected chi connectivity index (χ0v) is 21.1. The molecule has 0 unspecified atom stereocenters. The van der Waals surface area contributed by atoms with Gasteiger partial charge in [0.1, 0.15) is 6.04 Å². The minimum absolute atomic E-state index is 0.000949. The number of anilines is 2. The van der Waals surface area contributed by atoms with Crippen LogP contribution in [0.1, 0.15) is 34.5 Å². The Hall–Kier alpha value is -3.72. The van der Waals surface area contributed by atoms with Crippen molar-refractivity contribution in [2.75, 3.05) is 42.6 Å². The van der Waals surface area contributed by atoms with Gasteiger partial charge in [-0.05, 0) is 30.2 Å². The Kier molecular flexibility index (Phi) is 6.45. The van der Waals surface area contributed by atoms with Crippen LogP contribution in [0, 0.1) is 0 Å². The predicted octanol–water partition coefficient (Wildman–Crippen LogP) is 4.82. The molecular weight excluding hydrogens is 566 g/mol. The quantitative estimate of drug-likeness (QED) is 0.343. The summed E-state index contributed by atoms with van der Waals surface area (Å²) in [5.41, 5.74) is 2.47.